The van der Waals surface area contributed by atoms with Crippen molar-refractivity contribution in [1.29, 1.82) is 0 Å². The van der Waals surface area contributed by atoms with E-state index < -0.39 is 0 Å². The van der Waals surface area contributed by atoms with E-state index in [-0.39, 0.29) is 30.1 Å². The maximum atomic E-state index is 12.9. The van der Waals surface area contributed by atoms with Crippen LogP contribution in [-0.4, -0.2) is 49.9 Å². The number of amides is 2. The molecule has 148 valence electrons. The number of hydrogen-bond donors (Lipinski definition) is 1. The lowest BCUT2D eigenvalue weighted by Gasteiger charge is -2.32. The average molecular weight is 383 g/mol. The van der Waals surface area contributed by atoms with Crippen molar-refractivity contribution >= 4 is 17.5 Å². The summed E-state index contributed by atoms with van der Waals surface area (Å²) in [6.07, 6.45) is 1.70. The number of nitrogens with one attached hydrogen (secondary N) is 1. The summed E-state index contributed by atoms with van der Waals surface area (Å²) in [6, 6.07) is 13.6. The minimum Gasteiger partial charge on any atom is -0.378 e. The second kappa shape index (κ2) is 8.87. The second-order valence-corrected chi connectivity index (χ2v) is 7.38. The third-order valence-electron chi connectivity index (χ3n) is 5.06. The minimum absolute atomic E-state index is 0.0291. The molecule has 0 unspecified atom stereocenters. The topological polar surface area (TPSA) is 52.7 Å². The van der Waals surface area contributed by atoms with Gasteiger partial charge in [0.1, 0.15) is 5.82 Å². The van der Waals surface area contributed by atoms with E-state index in [4.69, 9.17) is 0 Å². The first-order valence-electron chi connectivity index (χ1n) is 9.53. The van der Waals surface area contributed by atoms with Gasteiger partial charge in [0.05, 0.1) is 6.42 Å². The number of anilines is 1. The second-order valence-electron chi connectivity index (χ2n) is 7.38. The highest BCUT2D eigenvalue weighted by molar-refractivity contribution is 5.94. The maximum Gasteiger partial charge on any atom is 0.253 e. The van der Waals surface area contributed by atoms with Crippen LogP contribution in [0, 0.1) is 5.82 Å². The molecule has 0 aliphatic carbocycles. The van der Waals surface area contributed by atoms with E-state index in [1.54, 1.807) is 12.1 Å². The quantitative estimate of drug-likeness (QED) is 0.864. The highest BCUT2D eigenvalue weighted by Crippen LogP contribution is 2.17. The van der Waals surface area contributed by atoms with Gasteiger partial charge in [-0.25, -0.2) is 4.39 Å². The Morgan fingerprint density at radius 2 is 1.64 bits per heavy atom. The number of hydrogen-bond acceptors (Lipinski definition) is 3. The fourth-order valence-corrected chi connectivity index (χ4v) is 3.38. The highest BCUT2D eigenvalue weighted by Gasteiger charge is 2.24. The monoisotopic (exact) mass is 383 g/mol. The predicted octanol–water partition coefficient (Wildman–Crippen LogP) is 2.86. The molecule has 6 heteroatoms. The fourth-order valence-electron chi connectivity index (χ4n) is 3.38. The zero-order valence-electron chi connectivity index (χ0n) is 16.3. The Labute approximate surface area is 165 Å². The molecule has 5 nitrogen and oxygen atoms in total. The first-order chi connectivity index (χ1) is 13.4. The molecule has 0 spiro atoms. The number of nitrogens with zero attached hydrogens (tertiary/aromatic N) is 2. The summed E-state index contributed by atoms with van der Waals surface area (Å²) < 4.78 is 12.9. The van der Waals surface area contributed by atoms with Gasteiger partial charge in [-0.15, -0.1) is 0 Å². The van der Waals surface area contributed by atoms with Crippen molar-refractivity contribution in [2.24, 2.45) is 0 Å². The molecule has 0 radical (unpaired) electrons. The van der Waals surface area contributed by atoms with Crippen LogP contribution >= 0.6 is 0 Å². The summed E-state index contributed by atoms with van der Waals surface area (Å²) in [5, 5.41) is 3.02. The molecule has 28 heavy (non-hydrogen) atoms. The van der Waals surface area contributed by atoms with Crippen LogP contribution in [0.3, 0.4) is 0 Å². The van der Waals surface area contributed by atoms with Crippen molar-refractivity contribution in [2.45, 2.75) is 25.3 Å². The molecule has 0 bridgehead atoms. The fraction of sp³-hybridized carbons (Fsp3) is 0.364. The summed E-state index contributed by atoms with van der Waals surface area (Å²) in [6.45, 7) is 1.24. The molecule has 0 aromatic heterocycles. The molecule has 1 N–H and O–H groups in total. The molecule has 2 aromatic rings. The van der Waals surface area contributed by atoms with Crippen LogP contribution in [0.25, 0.3) is 0 Å². The molecular formula is C22H26FN3O2. The van der Waals surface area contributed by atoms with Gasteiger partial charge in [-0.2, -0.15) is 0 Å². The van der Waals surface area contributed by atoms with Gasteiger partial charge in [0, 0.05) is 44.5 Å². The molecule has 0 atom stereocenters. The van der Waals surface area contributed by atoms with Gasteiger partial charge in [-0.1, -0.05) is 12.1 Å². The van der Waals surface area contributed by atoms with Gasteiger partial charge in [-0.05, 0) is 54.8 Å². The molecule has 2 amide bonds. The molecule has 1 aliphatic heterocycles. The summed E-state index contributed by atoms with van der Waals surface area (Å²) in [4.78, 5) is 28.7. The van der Waals surface area contributed by atoms with E-state index in [2.05, 4.69) is 5.32 Å². The Morgan fingerprint density at radius 1 is 1.04 bits per heavy atom. The lowest BCUT2D eigenvalue weighted by Crippen LogP contribution is -2.46. The molecule has 1 heterocycles. The number of piperidine rings is 1. The van der Waals surface area contributed by atoms with Crippen LogP contribution in [0.1, 0.15) is 28.8 Å². The van der Waals surface area contributed by atoms with Crippen LogP contribution in [0.4, 0.5) is 10.1 Å². The minimum atomic E-state index is -0.308. The van der Waals surface area contributed by atoms with Crippen LogP contribution in [-0.2, 0) is 11.2 Å². The van der Waals surface area contributed by atoms with Crippen molar-refractivity contribution in [2.75, 3.05) is 32.1 Å². The predicted molar refractivity (Wildman–Crippen MR) is 108 cm³/mol. The van der Waals surface area contributed by atoms with Crippen molar-refractivity contribution in [3.8, 4) is 0 Å². The van der Waals surface area contributed by atoms with Crippen LogP contribution < -0.4 is 10.2 Å². The zero-order chi connectivity index (χ0) is 20.1. The molecule has 0 saturated carbocycles. The van der Waals surface area contributed by atoms with Crippen molar-refractivity contribution in [3.05, 3.63) is 65.5 Å². The molecular weight excluding hydrogens is 357 g/mol. The van der Waals surface area contributed by atoms with E-state index >= 15 is 0 Å². The SMILES string of the molecule is CN(C)c1ccc(C(=O)N2CCC(NC(=O)Cc3ccc(F)cc3)CC2)cc1. The molecule has 3 rings (SSSR count). The van der Waals surface area contributed by atoms with Crippen molar-refractivity contribution in [3.63, 3.8) is 0 Å². The van der Waals surface area contributed by atoms with Crippen LogP contribution in [0.15, 0.2) is 48.5 Å². The standard InChI is InChI=1S/C22H26FN3O2/c1-25(2)20-9-5-17(6-10-20)22(28)26-13-11-19(12-14-26)24-21(27)15-16-3-7-18(23)8-4-16/h3-10,19H,11-15H2,1-2H3,(H,24,27). The number of carbonyl (C=O) groups excluding carboxylic acids is 2. The average Bonchev–Trinajstić information content (AvgIpc) is 2.70. The number of benzene rings is 2. The highest BCUT2D eigenvalue weighted by atomic mass is 19.1. The molecule has 1 fully saturated rings. The summed E-state index contributed by atoms with van der Waals surface area (Å²) in [5.41, 5.74) is 2.52. The number of rotatable bonds is 5. The van der Waals surface area contributed by atoms with Gasteiger partial charge in [0.25, 0.3) is 5.91 Å². The molecule has 1 saturated heterocycles. The normalized spacial score (nSPS) is 14.6. The van der Waals surface area contributed by atoms with Crippen LogP contribution in [0.5, 0.6) is 0 Å². The van der Waals surface area contributed by atoms with Crippen molar-refractivity contribution in [1.82, 2.24) is 10.2 Å². The number of halogens is 1. The first kappa shape index (κ1) is 19.9. The van der Waals surface area contributed by atoms with Gasteiger partial charge in [-0.3, -0.25) is 9.59 Å². The Bertz CT molecular complexity index is 811. The van der Waals surface area contributed by atoms with Crippen molar-refractivity contribution < 1.29 is 14.0 Å². The lowest BCUT2D eigenvalue weighted by molar-refractivity contribution is -0.121. The van der Waals surface area contributed by atoms with E-state index in [1.165, 1.54) is 12.1 Å². The number of likely N-dealkylation sites (tertiary alicyclic amines) is 1. The maximum absolute atomic E-state index is 12.9. The molecule has 1 aliphatic rings. The zero-order valence-corrected chi connectivity index (χ0v) is 16.3. The Hall–Kier alpha value is -2.89. The van der Waals surface area contributed by atoms with Gasteiger partial charge >= 0.3 is 0 Å². The van der Waals surface area contributed by atoms with Crippen LogP contribution in [0.2, 0.25) is 0 Å². The lowest BCUT2D eigenvalue weighted by atomic mass is 10.0. The third-order valence-corrected chi connectivity index (χ3v) is 5.06. The van der Waals surface area contributed by atoms with Gasteiger partial charge in [0.15, 0.2) is 0 Å². The summed E-state index contributed by atoms with van der Waals surface area (Å²) in [7, 11) is 3.93. The Balaban J connectivity index is 1.47. The van der Waals surface area contributed by atoms with Gasteiger partial charge < -0.3 is 15.1 Å². The smallest absolute Gasteiger partial charge is 0.253 e. The van der Waals surface area contributed by atoms with E-state index in [0.717, 1.165) is 24.1 Å². The van der Waals surface area contributed by atoms with E-state index in [1.807, 2.05) is 48.2 Å². The third kappa shape index (κ3) is 5.09. The Kier molecular flexibility index (Phi) is 6.29. The summed E-state index contributed by atoms with van der Waals surface area (Å²) in [5.74, 6) is -0.352. The van der Waals surface area contributed by atoms with E-state index in [0.29, 0.717) is 18.7 Å². The van der Waals surface area contributed by atoms with E-state index in [9.17, 15) is 14.0 Å². The molecule has 2 aromatic carbocycles. The van der Waals surface area contributed by atoms with Gasteiger partial charge in [0.2, 0.25) is 5.91 Å². The Morgan fingerprint density at radius 3 is 2.21 bits per heavy atom. The number of carbonyl (C=O) groups is 2. The summed E-state index contributed by atoms with van der Waals surface area (Å²) >= 11 is 0. The first-order valence-corrected chi connectivity index (χ1v) is 9.53. The largest absolute Gasteiger partial charge is 0.378 e.